The van der Waals surface area contributed by atoms with Crippen molar-refractivity contribution in [1.29, 1.82) is 0 Å². The van der Waals surface area contributed by atoms with Crippen LogP contribution in [-0.2, 0) is 11.3 Å². The van der Waals surface area contributed by atoms with E-state index >= 15 is 0 Å². The third-order valence-electron chi connectivity index (χ3n) is 3.70. The summed E-state index contributed by atoms with van der Waals surface area (Å²) in [6.45, 7) is 8.23. The number of hydrogen-bond acceptors (Lipinski definition) is 5. The average Bonchev–Trinajstić information content (AvgIpc) is 3.01. The fourth-order valence-electron chi connectivity index (χ4n) is 2.63. The summed E-state index contributed by atoms with van der Waals surface area (Å²) in [4.78, 5) is 20.3. The molecule has 2 heterocycles. The van der Waals surface area contributed by atoms with Crippen molar-refractivity contribution >= 4 is 11.9 Å². The average molecular weight is 266 g/mol. The van der Waals surface area contributed by atoms with Gasteiger partial charge in [-0.2, -0.15) is 0 Å². The molecule has 1 unspecified atom stereocenters. The van der Waals surface area contributed by atoms with Gasteiger partial charge in [0.2, 0.25) is 11.9 Å². The Hall–Kier alpha value is -1.63. The first kappa shape index (κ1) is 13.8. The van der Waals surface area contributed by atoms with E-state index in [1.165, 1.54) is 11.0 Å². The lowest BCUT2D eigenvalue weighted by atomic mass is 10.2. The molecule has 0 aromatic carbocycles. The number of rotatable bonds is 5. The van der Waals surface area contributed by atoms with Crippen LogP contribution in [0.25, 0.3) is 0 Å². The molecule has 1 aromatic heterocycles. The summed E-state index contributed by atoms with van der Waals surface area (Å²) in [5, 5.41) is 3.93. The third kappa shape index (κ3) is 3.23. The maximum Gasteiger partial charge on any atom is 0.244 e. The Morgan fingerprint density at radius 2 is 2.26 bits per heavy atom. The summed E-state index contributed by atoms with van der Waals surface area (Å²) in [7, 11) is 0. The molecule has 19 heavy (non-hydrogen) atoms. The van der Waals surface area contributed by atoms with Crippen LogP contribution in [0, 0.1) is 0 Å². The molecule has 0 bridgehead atoms. The second-order valence-corrected chi connectivity index (χ2v) is 4.80. The second kappa shape index (κ2) is 6.01. The van der Waals surface area contributed by atoms with Crippen LogP contribution in [0.4, 0.5) is 5.95 Å². The van der Waals surface area contributed by atoms with E-state index in [2.05, 4.69) is 28.8 Å². The molecular weight excluding hydrogens is 244 g/mol. The summed E-state index contributed by atoms with van der Waals surface area (Å²) in [5.74, 6) is 0.287. The molecule has 2 N–H and O–H groups in total. The van der Waals surface area contributed by atoms with E-state index < -0.39 is 0 Å². The van der Waals surface area contributed by atoms with Crippen LogP contribution in [0.2, 0.25) is 0 Å². The fraction of sp³-hybridized carbons (Fsp3) is 0.750. The van der Waals surface area contributed by atoms with Crippen LogP contribution in [0.5, 0.6) is 0 Å². The van der Waals surface area contributed by atoms with Gasteiger partial charge >= 0.3 is 0 Å². The number of anilines is 1. The minimum absolute atomic E-state index is 0.0829. The van der Waals surface area contributed by atoms with Crippen molar-refractivity contribution in [2.75, 3.05) is 31.9 Å². The number of likely N-dealkylation sites (tertiary alicyclic amines) is 1. The van der Waals surface area contributed by atoms with Crippen molar-refractivity contribution in [2.45, 2.75) is 32.9 Å². The normalized spacial score (nSPS) is 19.3. The van der Waals surface area contributed by atoms with E-state index in [-0.39, 0.29) is 18.4 Å². The number of hydrogen-bond donors (Lipinski definition) is 1. The van der Waals surface area contributed by atoms with Crippen molar-refractivity contribution < 1.29 is 4.79 Å². The fourth-order valence-corrected chi connectivity index (χ4v) is 2.63. The van der Waals surface area contributed by atoms with E-state index in [1.807, 2.05) is 4.90 Å². The molecule has 1 fully saturated rings. The van der Waals surface area contributed by atoms with Crippen LogP contribution in [0.1, 0.15) is 20.3 Å². The molecule has 7 heteroatoms. The summed E-state index contributed by atoms with van der Waals surface area (Å²) in [6, 6.07) is 0.486. The van der Waals surface area contributed by atoms with Crippen molar-refractivity contribution in [1.82, 2.24) is 24.6 Å². The Morgan fingerprint density at radius 3 is 2.84 bits per heavy atom. The topological polar surface area (TPSA) is 80.3 Å². The van der Waals surface area contributed by atoms with Crippen LogP contribution in [0.3, 0.4) is 0 Å². The van der Waals surface area contributed by atoms with Crippen molar-refractivity contribution in [3.8, 4) is 0 Å². The molecule has 0 saturated carbocycles. The predicted octanol–water partition coefficient (Wildman–Crippen LogP) is -0.197. The van der Waals surface area contributed by atoms with Crippen molar-refractivity contribution in [3.05, 3.63) is 6.33 Å². The smallest absolute Gasteiger partial charge is 0.244 e. The summed E-state index contributed by atoms with van der Waals surface area (Å²) in [5.41, 5.74) is 5.43. The molecule has 106 valence electrons. The molecular formula is C12H22N6O. The molecule has 1 atom stereocenters. The standard InChI is InChI=1S/C12H22N6O/c1-3-16(4-2)10-5-6-17(7-10)11(19)8-18-9-14-12(13)15-18/h9-10H,3-8H2,1-2H3,(H2,13,15). The zero-order valence-electron chi connectivity index (χ0n) is 11.6. The lowest BCUT2D eigenvalue weighted by molar-refractivity contribution is -0.131. The number of carbonyl (C=O) groups excluding carboxylic acids is 1. The minimum Gasteiger partial charge on any atom is -0.367 e. The SMILES string of the molecule is CCN(CC)C1CCN(C(=O)Cn2cnc(N)n2)C1. The zero-order chi connectivity index (χ0) is 13.8. The highest BCUT2D eigenvalue weighted by Crippen LogP contribution is 2.15. The second-order valence-electron chi connectivity index (χ2n) is 4.80. The van der Waals surface area contributed by atoms with Gasteiger partial charge in [-0.3, -0.25) is 9.69 Å². The minimum atomic E-state index is 0.0829. The molecule has 1 aliphatic heterocycles. The summed E-state index contributed by atoms with van der Waals surface area (Å²) < 4.78 is 1.49. The van der Waals surface area contributed by atoms with Gasteiger partial charge in [-0.25, -0.2) is 9.67 Å². The number of likely N-dealkylation sites (N-methyl/N-ethyl adjacent to an activating group) is 1. The van der Waals surface area contributed by atoms with Gasteiger partial charge in [0.25, 0.3) is 0 Å². The molecule has 1 aromatic rings. The monoisotopic (exact) mass is 266 g/mol. The highest BCUT2D eigenvalue weighted by atomic mass is 16.2. The van der Waals surface area contributed by atoms with Gasteiger partial charge in [0, 0.05) is 19.1 Å². The summed E-state index contributed by atoms with van der Waals surface area (Å²) >= 11 is 0. The molecule has 1 amide bonds. The molecule has 1 saturated heterocycles. The molecule has 0 aliphatic carbocycles. The van der Waals surface area contributed by atoms with Crippen LogP contribution in [-0.4, -0.2) is 62.7 Å². The molecule has 7 nitrogen and oxygen atoms in total. The molecule has 2 rings (SSSR count). The lowest BCUT2D eigenvalue weighted by Crippen LogP contribution is -2.39. The molecule has 1 aliphatic rings. The van der Waals surface area contributed by atoms with E-state index in [0.29, 0.717) is 6.04 Å². The Balaban J connectivity index is 1.88. The predicted molar refractivity (Wildman–Crippen MR) is 72.3 cm³/mol. The molecule has 0 radical (unpaired) electrons. The van der Waals surface area contributed by atoms with Gasteiger partial charge in [0.05, 0.1) is 0 Å². The van der Waals surface area contributed by atoms with E-state index in [4.69, 9.17) is 5.73 Å². The van der Waals surface area contributed by atoms with Gasteiger partial charge in [-0.1, -0.05) is 13.8 Å². The van der Waals surface area contributed by atoms with E-state index in [1.54, 1.807) is 0 Å². The first-order valence-corrected chi connectivity index (χ1v) is 6.80. The number of nitrogens with two attached hydrogens (primary N) is 1. The maximum atomic E-state index is 12.1. The number of nitrogen functional groups attached to an aromatic ring is 1. The number of nitrogens with zero attached hydrogens (tertiary/aromatic N) is 5. The first-order chi connectivity index (χ1) is 9.13. The Labute approximate surface area is 113 Å². The van der Waals surface area contributed by atoms with E-state index in [9.17, 15) is 4.79 Å². The highest BCUT2D eigenvalue weighted by molar-refractivity contribution is 5.76. The van der Waals surface area contributed by atoms with Crippen LogP contribution >= 0.6 is 0 Å². The summed E-state index contributed by atoms with van der Waals surface area (Å²) in [6.07, 6.45) is 2.54. The quantitative estimate of drug-likeness (QED) is 0.798. The van der Waals surface area contributed by atoms with Gasteiger partial charge in [0.15, 0.2) is 0 Å². The van der Waals surface area contributed by atoms with Gasteiger partial charge < -0.3 is 10.6 Å². The number of carbonyl (C=O) groups is 1. The zero-order valence-corrected chi connectivity index (χ0v) is 11.6. The van der Waals surface area contributed by atoms with Crippen LogP contribution < -0.4 is 5.73 Å². The first-order valence-electron chi connectivity index (χ1n) is 6.80. The number of aromatic nitrogens is 3. The van der Waals surface area contributed by atoms with Gasteiger partial charge in [-0.15, -0.1) is 5.10 Å². The van der Waals surface area contributed by atoms with Crippen molar-refractivity contribution in [2.24, 2.45) is 0 Å². The Bertz CT molecular complexity index is 428. The number of amides is 1. The largest absolute Gasteiger partial charge is 0.367 e. The molecule has 0 spiro atoms. The Kier molecular flexibility index (Phi) is 4.36. The van der Waals surface area contributed by atoms with Crippen molar-refractivity contribution in [3.63, 3.8) is 0 Å². The third-order valence-corrected chi connectivity index (χ3v) is 3.70. The van der Waals surface area contributed by atoms with Gasteiger partial charge in [0.1, 0.15) is 12.9 Å². The highest BCUT2D eigenvalue weighted by Gasteiger charge is 2.29. The Morgan fingerprint density at radius 1 is 1.53 bits per heavy atom. The maximum absolute atomic E-state index is 12.1. The van der Waals surface area contributed by atoms with E-state index in [0.717, 1.165) is 32.6 Å². The van der Waals surface area contributed by atoms with Gasteiger partial charge in [-0.05, 0) is 19.5 Å². The lowest BCUT2D eigenvalue weighted by Gasteiger charge is -2.26. The van der Waals surface area contributed by atoms with Crippen LogP contribution in [0.15, 0.2) is 6.33 Å².